The summed E-state index contributed by atoms with van der Waals surface area (Å²) in [6.07, 6.45) is 8.51. The van der Waals surface area contributed by atoms with E-state index in [-0.39, 0.29) is 0 Å². The number of hydrogen-bond acceptors (Lipinski definition) is 2. The average molecular weight is 198 g/mol. The first-order valence-corrected chi connectivity index (χ1v) is 6.36. The Bertz CT molecular complexity index is 117. The molecule has 0 atom stereocenters. The third-order valence-corrected chi connectivity index (χ3v) is 3.03. The van der Waals surface area contributed by atoms with Crippen LogP contribution in [0.3, 0.4) is 0 Å². The summed E-state index contributed by atoms with van der Waals surface area (Å²) in [4.78, 5) is 2.65. The predicted octanol–water partition coefficient (Wildman–Crippen LogP) is 2.25. The Morgan fingerprint density at radius 3 is 2.29 bits per heavy atom. The van der Waals surface area contributed by atoms with Gasteiger partial charge in [-0.2, -0.15) is 0 Å². The Morgan fingerprint density at radius 2 is 1.64 bits per heavy atom. The van der Waals surface area contributed by atoms with Gasteiger partial charge in [-0.15, -0.1) is 0 Å². The number of likely N-dealkylation sites (tertiary alicyclic amines) is 1. The average Bonchev–Trinajstić information content (AvgIpc) is 2.15. The summed E-state index contributed by atoms with van der Waals surface area (Å²) in [6, 6.07) is 0. The molecule has 0 radical (unpaired) electrons. The van der Waals surface area contributed by atoms with Crippen LogP contribution in [-0.4, -0.2) is 37.6 Å². The molecule has 0 aliphatic carbocycles. The Morgan fingerprint density at radius 1 is 1.00 bits per heavy atom. The van der Waals surface area contributed by atoms with Gasteiger partial charge in [0.15, 0.2) is 0 Å². The molecule has 0 unspecified atom stereocenters. The second-order valence-corrected chi connectivity index (χ2v) is 4.32. The van der Waals surface area contributed by atoms with Gasteiger partial charge >= 0.3 is 0 Å². The van der Waals surface area contributed by atoms with Crippen molar-refractivity contribution < 1.29 is 0 Å². The number of nitrogens with zero attached hydrogens (tertiary/aromatic N) is 1. The fraction of sp³-hybridized carbons (Fsp3) is 1.00. The molecular formula is C12H26N2. The fourth-order valence-corrected chi connectivity index (χ4v) is 2.14. The first-order valence-electron chi connectivity index (χ1n) is 6.36. The smallest absolute Gasteiger partial charge is 0.000664 e. The molecule has 1 heterocycles. The zero-order valence-electron chi connectivity index (χ0n) is 9.73. The summed E-state index contributed by atoms with van der Waals surface area (Å²) in [5.41, 5.74) is 0. The van der Waals surface area contributed by atoms with Crippen LogP contribution in [-0.2, 0) is 0 Å². The topological polar surface area (TPSA) is 15.3 Å². The summed E-state index contributed by atoms with van der Waals surface area (Å²) in [5.74, 6) is 0. The van der Waals surface area contributed by atoms with Gasteiger partial charge in [-0.1, -0.05) is 26.2 Å². The third kappa shape index (κ3) is 5.61. The van der Waals surface area contributed by atoms with Gasteiger partial charge < -0.3 is 10.2 Å². The van der Waals surface area contributed by atoms with Crippen LogP contribution in [0, 0.1) is 0 Å². The number of rotatable bonds is 5. The molecule has 1 fully saturated rings. The first kappa shape index (κ1) is 12.0. The lowest BCUT2D eigenvalue weighted by Crippen LogP contribution is -2.30. The minimum Gasteiger partial charge on any atom is -0.317 e. The lowest BCUT2D eigenvalue weighted by atomic mass is 10.1. The van der Waals surface area contributed by atoms with E-state index in [0.29, 0.717) is 0 Å². The van der Waals surface area contributed by atoms with E-state index >= 15 is 0 Å². The molecule has 14 heavy (non-hydrogen) atoms. The lowest BCUT2D eigenvalue weighted by Gasteiger charge is -2.24. The van der Waals surface area contributed by atoms with E-state index in [1.807, 2.05) is 0 Å². The van der Waals surface area contributed by atoms with Gasteiger partial charge in [-0.05, 0) is 52.0 Å². The molecule has 0 saturated carbocycles. The van der Waals surface area contributed by atoms with Gasteiger partial charge in [0.25, 0.3) is 0 Å². The van der Waals surface area contributed by atoms with Crippen molar-refractivity contribution in [3.63, 3.8) is 0 Å². The summed E-state index contributed by atoms with van der Waals surface area (Å²) >= 11 is 0. The predicted molar refractivity (Wildman–Crippen MR) is 62.7 cm³/mol. The molecule has 0 amide bonds. The van der Waals surface area contributed by atoms with Crippen molar-refractivity contribution in [3.8, 4) is 0 Å². The molecule has 0 bridgehead atoms. The van der Waals surface area contributed by atoms with Gasteiger partial charge in [-0.25, -0.2) is 0 Å². The van der Waals surface area contributed by atoms with E-state index in [2.05, 4.69) is 17.1 Å². The molecule has 0 aromatic heterocycles. The Hall–Kier alpha value is -0.0800. The Labute approximate surface area is 89.1 Å². The quantitative estimate of drug-likeness (QED) is 0.682. The van der Waals surface area contributed by atoms with Crippen molar-refractivity contribution >= 4 is 0 Å². The van der Waals surface area contributed by atoms with Crippen molar-refractivity contribution in [2.75, 3.05) is 32.7 Å². The Balaban J connectivity index is 2.02. The second kappa shape index (κ2) is 8.25. The van der Waals surface area contributed by atoms with Gasteiger partial charge in [-0.3, -0.25) is 0 Å². The molecule has 1 saturated heterocycles. The second-order valence-electron chi connectivity index (χ2n) is 4.32. The summed E-state index contributed by atoms with van der Waals surface area (Å²) in [7, 11) is 0. The van der Waals surface area contributed by atoms with Crippen molar-refractivity contribution in [1.82, 2.24) is 10.2 Å². The van der Waals surface area contributed by atoms with Crippen LogP contribution >= 0.6 is 0 Å². The highest BCUT2D eigenvalue weighted by Gasteiger charge is 2.06. The van der Waals surface area contributed by atoms with E-state index in [9.17, 15) is 0 Å². The molecule has 0 aromatic rings. The van der Waals surface area contributed by atoms with Crippen molar-refractivity contribution in [3.05, 3.63) is 0 Å². The SMILES string of the molecule is CCNCCCN1CCCCCCC1. The maximum absolute atomic E-state index is 3.39. The van der Waals surface area contributed by atoms with Crippen LogP contribution in [0.25, 0.3) is 0 Å². The Kier molecular flexibility index (Phi) is 7.06. The molecule has 1 aliphatic rings. The number of hydrogen-bond donors (Lipinski definition) is 1. The van der Waals surface area contributed by atoms with Crippen LogP contribution in [0.5, 0.6) is 0 Å². The van der Waals surface area contributed by atoms with E-state index in [4.69, 9.17) is 0 Å². The van der Waals surface area contributed by atoms with Gasteiger partial charge in [0.1, 0.15) is 0 Å². The number of nitrogens with one attached hydrogen (secondary N) is 1. The summed E-state index contributed by atoms with van der Waals surface area (Å²) < 4.78 is 0. The normalized spacial score (nSPS) is 20.4. The molecule has 1 aliphatic heterocycles. The highest BCUT2D eigenvalue weighted by molar-refractivity contribution is 4.62. The van der Waals surface area contributed by atoms with Crippen LogP contribution in [0.4, 0.5) is 0 Å². The summed E-state index contributed by atoms with van der Waals surface area (Å²) in [5, 5.41) is 3.39. The molecule has 0 spiro atoms. The lowest BCUT2D eigenvalue weighted by molar-refractivity contribution is 0.244. The fourth-order valence-electron chi connectivity index (χ4n) is 2.14. The van der Waals surface area contributed by atoms with Gasteiger partial charge in [0.05, 0.1) is 0 Å². The van der Waals surface area contributed by atoms with Crippen molar-refractivity contribution in [2.24, 2.45) is 0 Å². The maximum Gasteiger partial charge on any atom is -0.000664 e. The molecule has 2 nitrogen and oxygen atoms in total. The first-order chi connectivity index (χ1) is 6.93. The monoisotopic (exact) mass is 198 g/mol. The minimum absolute atomic E-state index is 1.11. The summed E-state index contributed by atoms with van der Waals surface area (Å²) in [6.45, 7) is 8.45. The van der Waals surface area contributed by atoms with Crippen LogP contribution in [0.2, 0.25) is 0 Å². The van der Waals surface area contributed by atoms with E-state index < -0.39 is 0 Å². The minimum atomic E-state index is 1.11. The van der Waals surface area contributed by atoms with Crippen LogP contribution in [0.1, 0.15) is 45.4 Å². The highest BCUT2D eigenvalue weighted by Crippen LogP contribution is 2.10. The highest BCUT2D eigenvalue weighted by atomic mass is 15.1. The van der Waals surface area contributed by atoms with Gasteiger partial charge in [0, 0.05) is 0 Å². The van der Waals surface area contributed by atoms with E-state index in [0.717, 1.165) is 6.54 Å². The van der Waals surface area contributed by atoms with E-state index in [1.54, 1.807) is 0 Å². The molecule has 84 valence electrons. The van der Waals surface area contributed by atoms with E-state index in [1.165, 1.54) is 64.7 Å². The largest absolute Gasteiger partial charge is 0.317 e. The van der Waals surface area contributed by atoms with Crippen molar-refractivity contribution in [2.45, 2.75) is 45.4 Å². The zero-order chi connectivity index (χ0) is 10.1. The molecule has 1 rings (SSSR count). The third-order valence-electron chi connectivity index (χ3n) is 3.03. The molecule has 1 N–H and O–H groups in total. The zero-order valence-corrected chi connectivity index (χ0v) is 9.73. The van der Waals surface area contributed by atoms with Crippen LogP contribution in [0.15, 0.2) is 0 Å². The maximum atomic E-state index is 3.39. The molecule has 0 aromatic carbocycles. The van der Waals surface area contributed by atoms with Crippen LogP contribution < -0.4 is 5.32 Å². The standard InChI is InChI=1S/C12H26N2/c1-2-13-9-8-12-14-10-6-4-3-5-7-11-14/h13H,2-12H2,1H3. The molecular weight excluding hydrogens is 172 g/mol. The molecule has 2 heteroatoms. The van der Waals surface area contributed by atoms with Gasteiger partial charge in [0.2, 0.25) is 0 Å². The van der Waals surface area contributed by atoms with Crippen molar-refractivity contribution in [1.29, 1.82) is 0 Å².